The highest BCUT2D eigenvalue weighted by atomic mass is 32.2. The normalized spacial score (nSPS) is 27.7. The molecule has 4 nitrogen and oxygen atoms in total. The summed E-state index contributed by atoms with van der Waals surface area (Å²) in [5.74, 6) is 2.02. The fraction of sp³-hybridized carbons (Fsp3) is 0.846. The number of hydrogen-bond acceptors (Lipinski definition) is 3. The standard InChI is InChI=1S/C13H22N2O2S/c14-12(16)8-18-9-13(17)15-6-5-10-3-1-2-4-11(10)7-15/h10-11H,1-9H2,(H2,14,16)/t10-,11+/m1/s1. The molecule has 1 heterocycles. The van der Waals surface area contributed by atoms with Gasteiger partial charge in [0, 0.05) is 13.1 Å². The van der Waals surface area contributed by atoms with Crippen LogP contribution < -0.4 is 5.73 Å². The van der Waals surface area contributed by atoms with Gasteiger partial charge in [-0.25, -0.2) is 0 Å². The van der Waals surface area contributed by atoms with Gasteiger partial charge in [0.15, 0.2) is 0 Å². The van der Waals surface area contributed by atoms with Crippen molar-refractivity contribution in [2.24, 2.45) is 17.6 Å². The Balaban J connectivity index is 1.75. The van der Waals surface area contributed by atoms with E-state index in [-0.39, 0.29) is 17.6 Å². The first-order chi connectivity index (χ1) is 8.66. The summed E-state index contributed by atoms with van der Waals surface area (Å²) in [4.78, 5) is 24.6. The van der Waals surface area contributed by atoms with Gasteiger partial charge in [0.2, 0.25) is 11.8 Å². The molecule has 0 bridgehead atoms. The maximum absolute atomic E-state index is 12.0. The number of rotatable bonds is 4. The van der Waals surface area contributed by atoms with E-state index in [2.05, 4.69) is 0 Å². The lowest BCUT2D eigenvalue weighted by Crippen LogP contribution is -2.45. The number of amides is 2. The van der Waals surface area contributed by atoms with Crippen molar-refractivity contribution >= 4 is 23.6 Å². The van der Waals surface area contributed by atoms with Crippen molar-refractivity contribution in [1.82, 2.24) is 4.90 Å². The van der Waals surface area contributed by atoms with Crippen LogP contribution in [0, 0.1) is 11.8 Å². The molecule has 0 aromatic rings. The maximum atomic E-state index is 12.0. The topological polar surface area (TPSA) is 63.4 Å². The van der Waals surface area contributed by atoms with Gasteiger partial charge in [-0.2, -0.15) is 0 Å². The fourth-order valence-electron chi connectivity index (χ4n) is 3.16. The zero-order valence-corrected chi connectivity index (χ0v) is 11.6. The number of carbonyl (C=O) groups is 2. The lowest BCUT2D eigenvalue weighted by molar-refractivity contribution is -0.131. The second kappa shape index (κ2) is 6.45. The molecular weight excluding hydrogens is 248 g/mol. The average molecular weight is 270 g/mol. The summed E-state index contributed by atoms with van der Waals surface area (Å²) in [6.07, 6.45) is 6.48. The molecule has 1 saturated heterocycles. The number of carbonyl (C=O) groups excluding carboxylic acids is 2. The maximum Gasteiger partial charge on any atom is 0.232 e. The molecule has 2 amide bonds. The SMILES string of the molecule is NC(=O)CSCC(=O)N1CC[C@H]2CCCC[C@H]2C1. The van der Waals surface area contributed by atoms with Gasteiger partial charge >= 0.3 is 0 Å². The van der Waals surface area contributed by atoms with E-state index in [0.29, 0.717) is 5.75 Å². The molecule has 0 spiro atoms. The number of thioether (sulfide) groups is 1. The molecule has 2 atom stereocenters. The molecule has 2 fully saturated rings. The van der Waals surface area contributed by atoms with Gasteiger partial charge in [-0.15, -0.1) is 11.8 Å². The number of nitrogens with two attached hydrogens (primary N) is 1. The summed E-state index contributed by atoms with van der Waals surface area (Å²) < 4.78 is 0. The van der Waals surface area contributed by atoms with Crippen LogP contribution in [-0.2, 0) is 9.59 Å². The highest BCUT2D eigenvalue weighted by molar-refractivity contribution is 8.00. The molecule has 0 aromatic heterocycles. The number of likely N-dealkylation sites (tertiary alicyclic amines) is 1. The second-order valence-corrected chi connectivity index (χ2v) is 6.38. The first-order valence-electron chi connectivity index (χ1n) is 6.80. The molecule has 1 aliphatic carbocycles. The Kier molecular flexibility index (Phi) is 4.92. The van der Waals surface area contributed by atoms with E-state index in [4.69, 9.17) is 5.73 Å². The zero-order valence-electron chi connectivity index (χ0n) is 10.8. The van der Waals surface area contributed by atoms with Crippen molar-refractivity contribution < 1.29 is 9.59 Å². The number of nitrogens with zero attached hydrogens (tertiary/aromatic N) is 1. The van der Waals surface area contributed by atoms with E-state index in [1.807, 2.05) is 4.90 Å². The Morgan fingerprint density at radius 1 is 1.11 bits per heavy atom. The molecule has 2 N–H and O–H groups in total. The van der Waals surface area contributed by atoms with Gasteiger partial charge < -0.3 is 10.6 Å². The highest BCUT2D eigenvalue weighted by Gasteiger charge is 2.32. The lowest BCUT2D eigenvalue weighted by atomic mass is 9.75. The molecule has 5 heteroatoms. The summed E-state index contributed by atoms with van der Waals surface area (Å²) in [5.41, 5.74) is 5.06. The zero-order chi connectivity index (χ0) is 13.0. The Hall–Kier alpha value is -0.710. The third kappa shape index (κ3) is 3.64. The van der Waals surface area contributed by atoms with Crippen LogP contribution in [0.4, 0.5) is 0 Å². The molecule has 102 valence electrons. The molecular formula is C13H22N2O2S. The monoisotopic (exact) mass is 270 g/mol. The summed E-state index contributed by atoms with van der Waals surface area (Å²) in [5, 5.41) is 0. The number of piperidine rings is 1. The van der Waals surface area contributed by atoms with E-state index < -0.39 is 0 Å². The minimum absolute atomic E-state index is 0.172. The Labute approximate surface area is 113 Å². The van der Waals surface area contributed by atoms with Crippen molar-refractivity contribution in [2.45, 2.75) is 32.1 Å². The van der Waals surface area contributed by atoms with Gasteiger partial charge in [-0.05, 0) is 24.7 Å². The van der Waals surface area contributed by atoms with Gasteiger partial charge in [0.05, 0.1) is 11.5 Å². The van der Waals surface area contributed by atoms with Gasteiger partial charge in [-0.3, -0.25) is 9.59 Å². The van der Waals surface area contributed by atoms with Gasteiger partial charge in [0.1, 0.15) is 0 Å². The Morgan fingerprint density at radius 3 is 2.56 bits per heavy atom. The van der Waals surface area contributed by atoms with Crippen molar-refractivity contribution in [3.8, 4) is 0 Å². The predicted octanol–water partition coefficient (Wildman–Crippen LogP) is 1.24. The summed E-state index contributed by atoms with van der Waals surface area (Å²) in [6.45, 7) is 1.83. The second-order valence-electron chi connectivity index (χ2n) is 5.39. The van der Waals surface area contributed by atoms with Crippen molar-refractivity contribution in [3.05, 3.63) is 0 Å². The van der Waals surface area contributed by atoms with Gasteiger partial charge in [0.25, 0.3) is 0 Å². The van der Waals surface area contributed by atoms with Crippen LogP contribution in [0.15, 0.2) is 0 Å². The summed E-state index contributed by atoms with van der Waals surface area (Å²) in [7, 11) is 0. The number of fused-ring (bicyclic) bond motifs is 1. The quantitative estimate of drug-likeness (QED) is 0.836. The summed E-state index contributed by atoms with van der Waals surface area (Å²) in [6, 6.07) is 0. The molecule has 0 radical (unpaired) electrons. The minimum atomic E-state index is -0.348. The molecule has 0 unspecified atom stereocenters. The predicted molar refractivity (Wildman–Crippen MR) is 73.2 cm³/mol. The van der Waals surface area contributed by atoms with Crippen LogP contribution in [0.2, 0.25) is 0 Å². The van der Waals surface area contributed by atoms with Crippen LogP contribution in [0.1, 0.15) is 32.1 Å². The third-order valence-electron chi connectivity index (χ3n) is 4.11. The summed E-state index contributed by atoms with van der Waals surface area (Å²) >= 11 is 1.33. The van der Waals surface area contributed by atoms with Crippen LogP contribution in [0.5, 0.6) is 0 Å². The van der Waals surface area contributed by atoms with Gasteiger partial charge in [-0.1, -0.05) is 19.3 Å². The van der Waals surface area contributed by atoms with Crippen molar-refractivity contribution in [2.75, 3.05) is 24.6 Å². The van der Waals surface area contributed by atoms with Crippen molar-refractivity contribution in [3.63, 3.8) is 0 Å². The smallest absolute Gasteiger partial charge is 0.232 e. The van der Waals surface area contributed by atoms with Crippen LogP contribution >= 0.6 is 11.8 Å². The molecule has 1 saturated carbocycles. The van der Waals surface area contributed by atoms with Crippen molar-refractivity contribution in [1.29, 1.82) is 0 Å². The van der Waals surface area contributed by atoms with E-state index in [9.17, 15) is 9.59 Å². The lowest BCUT2D eigenvalue weighted by Gasteiger charge is -2.41. The van der Waals surface area contributed by atoms with E-state index in [1.54, 1.807) is 0 Å². The largest absolute Gasteiger partial charge is 0.369 e. The molecule has 2 rings (SSSR count). The third-order valence-corrected chi connectivity index (χ3v) is 5.05. The van der Waals surface area contributed by atoms with E-state index in [1.165, 1.54) is 37.4 Å². The molecule has 1 aliphatic heterocycles. The molecule has 0 aromatic carbocycles. The average Bonchev–Trinajstić information content (AvgIpc) is 2.37. The highest BCUT2D eigenvalue weighted by Crippen LogP contribution is 2.36. The van der Waals surface area contributed by atoms with E-state index in [0.717, 1.165) is 31.3 Å². The van der Waals surface area contributed by atoms with E-state index >= 15 is 0 Å². The number of hydrogen-bond donors (Lipinski definition) is 1. The van der Waals surface area contributed by atoms with Crippen LogP contribution in [0.3, 0.4) is 0 Å². The first kappa shape index (κ1) is 13.7. The Bertz CT molecular complexity index is 322. The Morgan fingerprint density at radius 2 is 1.83 bits per heavy atom. The minimum Gasteiger partial charge on any atom is -0.369 e. The first-order valence-corrected chi connectivity index (χ1v) is 7.96. The number of primary amides is 1. The fourth-order valence-corrected chi connectivity index (χ4v) is 3.82. The van der Waals surface area contributed by atoms with Crippen LogP contribution in [-0.4, -0.2) is 41.3 Å². The molecule has 2 aliphatic rings. The molecule has 18 heavy (non-hydrogen) atoms. The van der Waals surface area contributed by atoms with Crippen LogP contribution in [0.25, 0.3) is 0 Å².